The minimum Gasteiger partial charge on any atom is -0.377 e. The van der Waals surface area contributed by atoms with Crippen LogP contribution in [0.1, 0.15) is 32.6 Å². The third kappa shape index (κ3) is 2.42. The second-order valence-electron chi connectivity index (χ2n) is 4.67. The zero-order chi connectivity index (χ0) is 13.3. The Morgan fingerprint density at radius 3 is 2.06 bits per heavy atom. The molecule has 0 spiro atoms. The molecular formula is C12H14F4N2. The minimum atomic E-state index is -1.63. The van der Waals surface area contributed by atoms with Gasteiger partial charge in [0, 0.05) is 6.04 Å². The van der Waals surface area contributed by atoms with Gasteiger partial charge in [0.1, 0.15) is 5.69 Å². The molecule has 1 aromatic heterocycles. The number of hydrogen-bond donors (Lipinski definition) is 1. The van der Waals surface area contributed by atoms with Crippen molar-refractivity contribution in [3.05, 3.63) is 23.5 Å². The van der Waals surface area contributed by atoms with Gasteiger partial charge in [0.25, 0.3) is 11.9 Å². The predicted molar refractivity (Wildman–Crippen MR) is 59.1 cm³/mol. The van der Waals surface area contributed by atoms with Gasteiger partial charge in [-0.1, -0.05) is 12.8 Å². The standard InChI is InChI=1S/C12H14F4N2/c1-6(7-4-2-3-5-7)17-10-8(13)11(15)18-12(16)9(10)14/h6-7H,2-5H2,1H3,(H,17,18). The van der Waals surface area contributed by atoms with Crippen molar-refractivity contribution in [1.29, 1.82) is 0 Å². The second kappa shape index (κ2) is 5.12. The summed E-state index contributed by atoms with van der Waals surface area (Å²) in [7, 11) is 0. The minimum absolute atomic E-state index is 0.238. The highest BCUT2D eigenvalue weighted by Gasteiger charge is 2.26. The molecule has 0 saturated heterocycles. The highest BCUT2D eigenvalue weighted by atomic mass is 19.2. The average Bonchev–Trinajstić information content (AvgIpc) is 2.85. The molecular weight excluding hydrogens is 248 g/mol. The first-order valence-electron chi connectivity index (χ1n) is 5.97. The fourth-order valence-corrected chi connectivity index (χ4v) is 2.42. The molecule has 0 amide bonds. The maximum atomic E-state index is 13.4. The van der Waals surface area contributed by atoms with E-state index >= 15 is 0 Å². The Bertz CT molecular complexity index is 418. The van der Waals surface area contributed by atoms with Crippen LogP contribution in [-0.2, 0) is 0 Å². The molecule has 1 aliphatic carbocycles. The number of anilines is 1. The lowest BCUT2D eigenvalue weighted by Crippen LogP contribution is -2.25. The maximum absolute atomic E-state index is 13.4. The van der Waals surface area contributed by atoms with Crippen molar-refractivity contribution in [2.75, 3.05) is 5.32 Å². The molecule has 0 radical (unpaired) electrons. The van der Waals surface area contributed by atoms with Crippen molar-refractivity contribution in [2.45, 2.75) is 38.6 Å². The topological polar surface area (TPSA) is 24.9 Å². The van der Waals surface area contributed by atoms with Gasteiger partial charge in [0.05, 0.1) is 0 Å². The summed E-state index contributed by atoms with van der Waals surface area (Å²) in [5, 5.41) is 2.53. The molecule has 1 unspecified atom stereocenters. The van der Waals surface area contributed by atoms with Crippen LogP contribution in [0.15, 0.2) is 0 Å². The van der Waals surface area contributed by atoms with Gasteiger partial charge in [0.2, 0.25) is 11.6 Å². The highest BCUT2D eigenvalue weighted by molar-refractivity contribution is 5.46. The van der Waals surface area contributed by atoms with Crippen LogP contribution in [0.4, 0.5) is 23.2 Å². The quantitative estimate of drug-likeness (QED) is 0.664. The predicted octanol–water partition coefficient (Wildman–Crippen LogP) is 3.63. The lowest BCUT2D eigenvalue weighted by Gasteiger charge is -2.22. The highest BCUT2D eigenvalue weighted by Crippen LogP contribution is 2.31. The van der Waals surface area contributed by atoms with Crippen molar-refractivity contribution in [1.82, 2.24) is 4.98 Å². The monoisotopic (exact) mass is 262 g/mol. The van der Waals surface area contributed by atoms with Gasteiger partial charge in [0.15, 0.2) is 0 Å². The summed E-state index contributed by atoms with van der Waals surface area (Å²) in [6.45, 7) is 1.76. The zero-order valence-corrected chi connectivity index (χ0v) is 9.94. The fourth-order valence-electron chi connectivity index (χ4n) is 2.42. The van der Waals surface area contributed by atoms with Crippen LogP contribution in [0.5, 0.6) is 0 Å². The third-order valence-corrected chi connectivity index (χ3v) is 3.48. The molecule has 1 atom stereocenters. The van der Waals surface area contributed by atoms with Crippen LogP contribution in [-0.4, -0.2) is 11.0 Å². The van der Waals surface area contributed by atoms with E-state index in [1.807, 2.05) is 0 Å². The van der Waals surface area contributed by atoms with Crippen LogP contribution in [0.2, 0.25) is 0 Å². The van der Waals surface area contributed by atoms with E-state index in [4.69, 9.17) is 0 Å². The number of nitrogens with one attached hydrogen (secondary N) is 1. The van der Waals surface area contributed by atoms with Gasteiger partial charge < -0.3 is 5.32 Å². The Hall–Kier alpha value is -1.33. The Morgan fingerprint density at radius 2 is 1.56 bits per heavy atom. The lowest BCUT2D eigenvalue weighted by atomic mass is 9.99. The van der Waals surface area contributed by atoms with E-state index in [1.54, 1.807) is 6.92 Å². The molecule has 0 bridgehead atoms. The van der Waals surface area contributed by atoms with Crippen molar-refractivity contribution in [2.24, 2.45) is 5.92 Å². The number of halogens is 4. The van der Waals surface area contributed by atoms with Gasteiger partial charge >= 0.3 is 0 Å². The average molecular weight is 262 g/mol. The number of pyridine rings is 1. The van der Waals surface area contributed by atoms with Crippen LogP contribution in [0.3, 0.4) is 0 Å². The number of hydrogen-bond acceptors (Lipinski definition) is 2. The summed E-state index contributed by atoms with van der Waals surface area (Å²) in [6, 6.07) is -0.238. The third-order valence-electron chi connectivity index (χ3n) is 3.48. The molecule has 1 aromatic rings. The molecule has 18 heavy (non-hydrogen) atoms. The van der Waals surface area contributed by atoms with Crippen LogP contribution >= 0.6 is 0 Å². The normalized spacial score (nSPS) is 18.1. The largest absolute Gasteiger partial charge is 0.377 e. The van der Waals surface area contributed by atoms with Crippen molar-refractivity contribution in [3.63, 3.8) is 0 Å². The van der Waals surface area contributed by atoms with Crippen LogP contribution in [0, 0.1) is 29.4 Å². The molecule has 1 aliphatic rings. The Kier molecular flexibility index (Phi) is 3.73. The molecule has 0 aliphatic heterocycles. The molecule has 1 N–H and O–H groups in total. The molecule has 6 heteroatoms. The summed E-state index contributed by atoms with van der Waals surface area (Å²) in [5.41, 5.74) is -0.764. The smallest absolute Gasteiger partial charge is 0.253 e. The van der Waals surface area contributed by atoms with E-state index in [0.29, 0.717) is 0 Å². The first kappa shape index (κ1) is 13.1. The Balaban J connectivity index is 2.22. The van der Waals surface area contributed by atoms with Crippen molar-refractivity contribution < 1.29 is 17.6 Å². The van der Waals surface area contributed by atoms with Crippen LogP contribution < -0.4 is 5.32 Å². The first-order chi connectivity index (χ1) is 8.50. The number of nitrogens with zero attached hydrogens (tertiary/aromatic N) is 1. The van der Waals surface area contributed by atoms with E-state index in [-0.39, 0.29) is 12.0 Å². The van der Waals surface area contributed by atoms with E-state index in [1.165, 1.54) is 0 Å². The molecule has 100 valence electrons. The molecule has 0 aromatic carbocycles. The summed E-state index contributed by atoms with van der Waals surface area (Å²) < 4.78 is 52.6. The Morgan fingerprint density at radius 1 is 1.06 bits per heavy atom. The van der Waals surface area contributed by atoms with E-state index in [2.05, 4.69) is 10.3 Å². The number of aromatic nitrogens is 1. The lowest BCUT2D eigenvalue weighted by molar-refractivity contribution is 0.405. The fraction of sp³-hybridized carbons (Fsp3) is 0.583. The molecule has 1 fully saturated rings. The molecule has 1 saturated carbocycles. The van der Waals surface area contributed by atoms with Gasteiger partial charge in [-0.2, -0.15) is 22.5 Å². The SMILES string of the molecule is CC(Nc1c(F)c(F)nc(F)c1F)C1CCCC1. The summed E-state index contributed by atoms with van der Waals surface area (Å²) in [4.78, 5) is 2.51. The molecule has 2 nitrogen and oxygen atoms in total. The summed E-state index contributed by atoms with van der Waals surface area (Å²) >= 11 is 0. The van der Waals surface area contributed by atoms with Crippen molar-refractivity contribution >= 4 is 5.69 Å². The van der Waals surface area contributed by atoms with Gasteiger partial charge in [-0.3, -0.25) is 0 Å². The van der Waals surface area contributed by atoms with Gasteiger partial charge in [-0.05, 0) is 25.7 Å². The maximum Gasteiger partial charge on any atom is 0.253 e. The van der Waals surface area contributed by atoms with E-state index in [9.17, 15) is 17.6 Å². The van der Waals surface area contributed by atoms with E-state index in [0.717, 1.165) is 25.7 Å². The van der Waals surface area contributed by atoms with Gasteiger partial charge in [-0.25, -0.2) is 0 Å². The molecule has 1 heterocycles. The van der Waals surface area contributed by atoms with Crippen molar-refractivity contribution in [3.8, 4) is 0 Å². The zero-order valence-electron chi connectivity index (χ0n) is 9.94. The molecule has 2 rings (SSSR count). The first-order valence-corrected chi connectivity index (χ1v) is 5.97. The van der Waals surface area contributed by atoms with Crippen LogP contribution in [0.25, 0.3) is 0 Å². The summed E-state index contributed by atoms with van der Waals surface area (Å²) in [6.07, 6.45) is 4.04. The number of rotatable bonds is 3. The summed E-state index contributed by atoms with van der Waals surface area (Å²) in [5.74, 6) is -5.94. The Labute approximate surface area is 102 Å². The van der Waals surface area contributed by atoms with Gasteiger partial charge in [-0.15, -0.1) is 0 Å². The second-order valence-corrected chi connectivity index (χ2v) is 4.67. The van der Waals surface area contributed by atoms with E-state index < -0.39 is 29.2 Å².